The molecule has 0 saturated heterocycles. The van der Waals surface area contributed by atoms with E-state index in [0.717, 1.165) is 17.8 Å². The van der Waals surface area contributed by atoms with Gasteiger partial charge in [0.15, 0.2) is 0 Å². The smallest absolute Gasteiger partial charge is 0.241 e. The van der Waals surface area contributed by atoms with Crippen LogP contribution in [-0.2, 0) is 11.3 Å². The van der Waals surface area contributed by atoms with Crippen LogP contribution in [0.1, 0.15) is 32.0 Å². The van der Waals surface area contributed by atoms with Crippen molar-refractivity contribution >= 4 is 11.6 Å². The Morgan fingerprint density at radius 3 is 2.88 bits per heavy atom. The van der Waals surface area contributed by atoms with Crippen LogP contribution >= 0.6 is 0 Å². The Kier molecular flexibility index (Phi) is 6.74. The Hall–Kier alpha value is -2.41. The summed E-state index contributed by atoms with van der Waals surface area (Å²) in [5, 5.41) is 19.0. The minimum atomic E-state index is -0.179. The molecule has 1 unspecified atom stereocenters. The first kappa shape index (κ1) is 17.9. The minimum Gasteiger partial charge on any atom is -0.395 e. The first-order valence-electron chi connectivity index (χ1n) is 8.16. The van der Waals surface area contributed by atoms with Crippen LogP contribution in [0.15, 0.2) is 36.8 Å². The molecule has 2 heterocycles. The summed E-state index contributed by atoms with van der Waals surface area (Å²) in [6, 6.07) is 5.98. The number of amides is 1. The second-order valence-corrected chi connectivity index (χ2v) is 6.08. The molecule has 7 heteroatoms. The van der Waals surface area contributed by atoms with Gasteiger partial charge < -0.3 is 15.7 Å². The zero-order valence-corrected chi connectivity index (χ0v) is 14.1. The van der Waals surface area contributed by atoms with Crippen molar-refractivity contribution in [3.63, 3.8) is 0 Å². The highest BCUT2D eigenvalue weighted by Crippen LogP contribution is 2.24. The second kappa shape index (κ2) is 9.02. The molecule has 2 aromatic heterocycles. The van der Waals surface area contributed by atoms with E-state index in [1.165, 1.54) is 0 Å². The quantitative estimate of drug-likeness (QED) is 0.649. The molecule has 1 atom stereocenters. The van der Waals surface area contributed by atoms with E-state index in [-0.39, 0.29) is 31.6 Å². The molecule has 0 spiro atoms. The Morgan fingerprint density at radius 1 is 1.38 bits per heavy atom. The Labute approximate surface area is 142 Å². The van der Waals surface area contributed by atoms with E-state index in [4.69, 9.17) is 5.11 Å². The largest absolute Gasteiger partial charge is 0.395 e. The summed E-state index contributed by atoms with van der Waals surface area (Å²) in [4.78, 5) is 16.1. The molecule has 0 aliphatic carbocycles. The summed E-state index contributed by atoms with van der Waals surface area (Å²) in [5.41, 5.74) is 1.83. The monoisotopic (exact) mass is 331 g/mol. The summed E-state index contributed by atoms with van der Waals surface area (Å²) < 4.78 is 1.57. The molecule has 0 fully saturated rings. The first-order valence-corrected chi connectivity index (χ1v) is 8.16. The standard InChI is InChI=1S/C17H25N5O2/c1-13(2)9-16(15-5-3-4-6-18-15)21-14-10-20-22(11-14)12-17(24)19-7-8-23/h3-6,10-11,13,16,21,23H,7-9,12H2,1-2H3,(H,19,24). The van der Waals surface area contributed by atoms with Crippen molar-refractivity contribution < 1.29 is 9.90 Å². The number of aromatic nitrogens is 3. The van der Waals surface area contributed by atoms with Gasteiger partial charge in [0.2, 0.25) is 5.91 Å². The molecule has 3 N–H and O–H groups in total. The van der Waals surface area contributed by atoms with Crippen LogP contribution in [-0.4, -0.2) is 38.9 Å². The number of rotatable bonds is 9. The van der Waals surface area contributed by atoms with Gasteiger partial charge in [-0.05, 0) is 24.5 Å². The maximum absolute atomic E-state index is 11.7. The van der Waals surface area contributed by atoms with Crippen LogP contribution in [0.2, 0.25) is 0 Å². The van der Waals surface area contributed by atoms with Crippen molar-refractivity contribution in [3.05, 3.63) is 42.5 Å². The fourth-order valence-electron chi connectivity index (χ4n) is 2.43. The van der Waals surface area contributed by atoms with Gasteiger partial charge in [0.1, 0.15) is 6.54 Å². The average molecular weight is 331 g/mol. The summed E-state index contributed by atoms with van der Waals surface area (Å²) >= 11 is 0. The lowest BCUT2D eigenvalue weighted by Crippen LogP contribution is -2.30. The molecule has 1 amide bonds. The SMILES string of the molecule is CC(C)CC(Nc1cnn(CC(=O)NCCO)c1)c1ccccn1. The Morgan fingerprint density at radius 2 is 2.21 bits per heavy atom. The summed E-state index contributed by atoms with van der Waals surface area (Å²) in [7, 11) is 0. The first-order chi connectivity index (χ1) is 11.6. The van der Waals surface area contributed by atoms with E-state index in [1.54, 1.807) is 23.3 Å². The number of nitrogens with zero attached hydrogens (tertiary/aromatic N) is 3. The van der Waals surface area contributed by atoms with Crippen molar-refractivity contribution in [1.82, 2.24) is 20.1 Å². The van der Waals surface area contributed by atoms with E-state index in [1.807, 2.05) is 18.2 Å². The van der Waals surface area contributed by atoms with Gasteiger partial charge in [0, 0.05) is 18.9 Å². The predicted octanol–water partition coefficient (Wildman–Crippen LogP) is 1.59. The number of aliphatic hydroxyl groups excluding tert-OH is 1. The maximum atomic E-state index is 11.7. The van der Waals surface area contributed by atoms with Gasteiger partial charge in [-0.25, -0.2) is 0 Å². The molecule has 24 heavy (non-hydrogen) atoms. The normalized spacial score (nSPS) is 12.2. The van der Waals surface area contributed by atoms with Gasteiger partial charge in [0.05, 0.1) is 30.2 Å². The van der Waals surface area contributed by atoms with Crippen LogP contribution in [0.5, 0.6) is 0 Å². The fraction of sp³-hybridized carbons (Fsp3) is 0.471. The average Bonchev–Trinajstić information content (AvgIpc) is 2.99. The lowest BCUT2D eigenvalue weighted by atomic mass is 10.0. The number of hydrogen-bond acceptors (Lipinski definition) is 5. The summed E-state index contributed by atoms with van der Waals surface area (Å²) in [5.74, 6) is 0.339. The summed E-state index contributed by atoms with van der Waals surface area (Å²) in [6.07, 6.45) is 6.24. The van der Waals surface area contributed by atoms with Gasteiger partial charge in [0.25, 0.3) is 0 Å². The minimum absolute atomic E-state index is 0.0708. The third kappa shape index (κ3) is 5.66. The number of carbonyl (C=O) groups excluding carboxylic acids is 1. The molecule has 0 bridgehead atoms. The highest BCUT2D eigenvalue weighted by Gasteiger charge is 2.15. The number of hydrogen-bond donors (Lipinski definition) is 3. The number of pyridine rings is 1. The van der Waals surface area contributed by atoms with Crippen LogP contribution in [0.3, 0.4) is 0 Å². The van der Waals surface area contributed by atoms with Crippen molar-refractivity contribution in [1.29, 1.82) is 0 Å². The molecule has 0 aliphatic rings. The highest BCUT2D eigenvalue weighted by molar-refractivity contribution is 5.75. The number of carbonyl (C=O) groups is 1. The van der Waals surface area contributed by atoms with Crippen LogP contribution in [0.4, 0.5) is 5.69 Å². The highest BCUT2D eigenvalue weighted by atomic mass is 16.3. The molecule has 7 nitrogen and oxygen atoms in total. The van der Waals surface area contributed by atoms with Crippen molar-refractivity contribution in [2.24, 2.45) is 5.92 Å². The molecule has 0 radical (unpaired) electrons. The summed E-state index contributed by atoms with van der Waals surface area (Å²) in [6.45, 7) is 4.65. The van der Waals surface area contributed by atoms with E-state index in [0.29, 0.717) is 5.92 Å². The zero-order valence-electron chi connectivity index (χ0n) is 14.1. The topological polar surface area (TPSA) is 92.1 Å². The lowest BCUT2D eigenvalue weighted by Gasteiger charge is -2.20. The van der Waals surface area contributed by atoms with E-state index >= 15 is 0 Å². The van der Waals surface area contributed by atoms with Crippen LogP contribution in [0, 0.1) is 5.92 Å². The van der Waals surface area contributed by atoms with Crippen molar-refractivity contribution in [2.45, 2.75) is 32.9 Å². The predicted molar refractivity (Wildman–Crippen MR) is 92.4 cm³/mol. The third-order valence-electron chi connectivity index (χ3n) is 3.47. The van der Waals surface area contributed by atoms with E-state index in [9.17, 15) is 4.79 Å². The second-order valence-electron chi connectivity index (χ2n) is 6.08. The van der Waals surface area contributed by atoms with Gasteiger partial charge in [-0.1, -0.05) is 19.9 Å². The molecule has 2 rings (SSSR count). The number of nitrogens with one attached hydrogen (secondary N) is 2. The number of aliphatic hydroxyl groups is 1. The number of anilines is 1. The van der Waals surface area contributed by atoms with Crippen molar-refractivity contribution in [2.75, 3.05) is 18.5 Å². The van der Waals surface area contributed by atoms with Gasteiger partial charge in [-0.15, -0.1) is 0 Å². The Balaban J connectivity index is 2.01. The fourth-order valence-corrected chi connectivity index (χ4v) is 2.43. The molecule has 0 aliphatic heterocycles. The molecular formula is C17H25N5O2. The van der Waals surface area contributed by atoms with Crippen LogP contribution < -0.4 is 10.6 Å². The molecule has 130 valence electrons. The van der Waals surface area contributed by atoms with Crippen LogP contribution in [0.25, 0.3) is 0 Å². The zero-order chi connectivity index (χ0) is 17.4. The molecule has 0 aromatic carbocycles. The Bertz CT molecular complexity index is 627. The lowest BCUT2D eigenvalue weighted by molar-refractivity contribution is -0.122. The third-order valence-corrected chi connectivity index (χ3v) is 3.47. The molecular weight excluding hydrogens is 306 g/mol. The maximum Gasteiger partial charge on any atom is 0.241 e. The van der Waals surface area contributed by atoms with Gasteiger partial charge in [-0.2, -0.15) is 5.10 Å². The van der Waals surface area contributed by atoms with Gasteiger partial charge in [-0.3, -0.25) is 14.5 Å². The van der Waals surface area contributed by atoms with E-state index in [2.05, 4.69) is 34.6 Å². The van der Waals surface area contributed by atoms with Crippen molar-refractivity contribution in [3.8, 4) is 0 Å². The van der Waals surface area contributed by atoms with Gasteiger partial charge >= 0.3 is 0 Å². The molecule has 2 aromatic rings. The van der Waals surface area contributed by atoms with E-state index < -0.39 is 0 Å². The molecule has 0 saturated carbocycles.